The summed E-state index contributed by atoms with van der Waals surface area (Å²) in [5, 5.41) is 7.94. The minimum Gasteiger partial charge on any atom is -0.382 e. The van der Waals surface area contributed by atoms with Crippen molar-refractivity contribution >= 4 is 64.0 Å². The van der Waals surface area contributed by atoms with E-state index in [0.29, 0.717) is 127 Å². The number of hydrogen-bond donors (Lipinski definition) is 4. The van der Waals surface area contributed by atoms with E-state index in [2.05, 4.69) is 40.7 Å². The molecule has 5 aliphatic heterocycles. The van der Waals surface area contributed by atoms with E-state index in [1.165, 1.54) is 18.2 Å². The van der Waals surface area contributed by atoms with Crippen LogP contribution < -0.4 is 31.3 Å². The summed E-state index contributed by atoms with van der Waals surface area (Å²) in [5.41, 5.74) is -0.160. The van der Waals surface area contributed by atoms with E-state index in [1.54, 1.807) is 24.5 Å². The predicted molar refractivity (Wildman–Crippen MR) is 293 cm³/mol. The zero-order chi connectivity index (χ0) is 58.2. The molecule has 0 bridgehead atoms. The molecule has 5 aliphatic rings. The molecular formula is C56H66F4N12O10. The molecule has 2 aromatic heterocycles. The zero-order valence-corrected chi connectivity index (χ0v) is 45.8. The molecule has 2 aromatic carbocycles. The number of amides is 6. The molecule has 438 valence electrons. The molecule has 3 saturated heterocycles. The van der Waals surface area contributed by atoms with Gasteiger partial charge in [-0.25, -0.2) is 14.4 Å². The van der Waals surface area contributed by atoms with Crippen molar-refractivity contribution in [1.29, 1.82) is 0 Å². The molecule has 0 radical (unpaired) electrons. The van der Waals surface area contributed by atoms with Crippen molar-refractivity contribution in [2.24, 2.45) is 0 Å². The second-order valence-electron chi connectivity index (χ2n) is 20.9. The highest BCUT2D eigenvalue weighted by Crippen LogP contribution is 2.38. The van der Waals surface area contributed by atoms with Crippen LogP contribution in [0.25, 0.3) is 5.57 Å². The van der Waals surface area contributed by atoms with Gasteiger partial charge in [-0.05, 0) is 63.6 Å². The number of fused-ring (bicyclic) bond motifs is 1. The van der Waals surface area contributed by atoms with E-state index < -0.39 is 64.3 Å². The second-order valence-corrected chi connectivity index (χ2v) is 20.9. The van der Waals surface area contributed by atoms with Crippen LogP contribution in [0.4, 0.5) is 40.6 Å². The molecule has 3 fully saturated rings. The van der Waals surface area contributed by atoms with Gasteiger partial charge in [-0.1, -0.05) is 12.1 Å². The van der Waals surface area contributed by atoms with Gasteiger partial charge in [-0.2, -0.15) is 13.2 Å². The summed E-state index contributed by atoms with van der Waals surface area (Å²) in [6.45, 7) is 10.9. The van der Waals surface area contributed by atoms with Gasteiger partial charge in [0.05, 0.1) is 79.7 Å². The third-order valence-corrected chi connectivity index (χ3v) is 15.4. The summed E-state index contributed by atoms with van der Waals surface area (Å²) >= 11 is 0. The van der Waals surface area contributed by atoms with Crippen molar-refractivity contribution < 1.29 is 60.5 Å². The van der Waals surface area contributed by atoms with Crippen molar-refractivity contribution in [3.8, 4) is 0 Å². The van der Waals surface area contributed by atoms with Gasteiger partial charge in [0.15, 0.2) is 0 Å². The second kappa shape index (κ2) is 26.1. The Bertz CT molecular complexity index is 3120. The lowest BCUT2D eigenvalue weighted by Crippen LogP contribution is -2.55. The summed E-state index contributed by atoms with van der Waals surface area (Å²) < 4.78 is 75.1. The fourth-order valence-electron chi connectivity index (χ4n) is 10.7. The fourth-order valence-corrected chi connectivity index (χ4v) is 10.7. The quantitative estimate of drug-likeness (QED) is 0.0524. The number of carbonyl (C=O) groups excluding carboxylic acids is 6. The van der Waals surface area contributed by atoms with Crippen LogP contribution in [0.2, 0.25) is 0 Å². The number of benzene rings is 2. The third kappa shape index (κ3) is 13.8. The molecule has 3 atom stereocenters. The smallest absolute Gasteiger partial charge is 0.382 e. The largest absolute Gasteiger partial charge is 0.417 e. The minimum atomic E-state index is -4.98. The molecular weight excluding hydrogens is 1080 g/mol. The number of piperazine rings is 2. The van der Waals surface area contributed by atoms with Crippen LogP contribution in [0.5, 0.6) is 0 Å². The van der Waals surface area contributed by atoms with Crippen LogP contribution in [-0.2, 0) is 41.3 Å². The molecule has 0 saturated carbocycles. The number of piperidine rings is 1. The van der Waals surface area contributed by atoms with Crippen molar-refractivity contribution in [3.05, 3.63) is 111 Å². The van der Waals surface area contributed by atoms with Crippen molar-refractivity contribution in [2.45, 2.75) is 70.4 Å². The van der Waals surface area contributed by atoms with Crippen molar-refractivity contribution in [1.82, 2.24) is 39.9 Å². The maximum Gasteiger partial charge on any atom is 0.417 e. The van der Waals surface area contributed by atoms with E-state index in [0.717, 1.165) is 16.7 Å². The van der Waals surface area contributed by atoms with Gasteiger partial charge in [0, 0.05) is 125 Å². The van der Waals surface area contributed by atoms with Crippen molar-refractivity contribution in [2.75, 3.05) is 126 Å². The van der Waals surface area contributed by atoms with Crippen LogP contribution in [0.15, 0.2) is 65.9 Å². The third-order valence-electron chi connectivity index (χ3n) is 15.4. The van der Waals surface area contributed by atoms with E-state index in [1.807, 2.05) is 41.7 Å². The Labute approximate surface area is 470 Å². The highest BCUT2D eigenvalue weighted by Gasteiger charge is 2.46. The Morgan fingerprint density at radius 2 is 1.50 bits per heavy atom. The van der Waals surface area contributed by atoms with Crippen LogP contribution >= 0.6 is 0 Å². The Balaban J connectivity index is 0.666. The number of nitrogens with zero attached hydrogens (tertiary/aromatic N) is 8. The number of rotatable bonds is 21. The van der Waals surface area contributed by atoms with Gasteiger partial charge < -0.3 is 44.5 Å². The SMILES string of the molecule is C[C@@H]1CN(c2cc(F)c(C3=CCN(c4ncc(CN5CCN(C(=O)CCOCCOCCOCCNc6cccc7c6C(=O)N(C6CCC(=O)NC6=O)C7=O)CC5)cn4)CC3)cc2NC(=O)c2c[nH]c(=O)cc2C(F)(F)F)C[C@H](C)N1C. The lowest BCUT2D eigenvalue weighted by Gasteiger charge is -2.44. The predicted octanol–water partition coefficient (Wildman–Crippen LogP) is 4.00. The summed E-state index contributed by atoms with van der Waals surface area (Å²) in [7, 11) is 1.98. The number of halogens is 4. The van der Waals surface area contributed by atoms with Gasteiger partial charge in [0.25, 0.3) is 17.7 Å². The molecule has 1 unspecified atom stereocenters. The van der Waals surface area contributed by atoms with E-state index in [-0.39, 0.29) is 72.8 Å². The number of anilines is 4. The number of imide groups is 2. The summed E-state index contributed by atoms with van der Waals surface area (Å²) in [5.74, 6) is -3.44. The first-order chi connectivity index (χ1) is 39.3. The van der Waals surface area contributed by atoms with E-state index in [9.17, 15) is 46.7 Å². The van der Waals surface area contributed by atoms with E-state index in [4.69, 9.17) is 14.2 Å². The van der Waals surface area contributed by atoms with Crippen LogP contribution in [0.1, 0.15) is 87.3 Å². The van der Waals surface area contributed by atoms with Crippen LogP contribution in [0.3, 0.4) is 0 Å². The minimum absolute atomic E-state index is 0.00425. The normalized spacial score (nSPS) is 20.0. The number of ether oxygens (including phenoxy) is 3. The standard InChI is InChI=1S/C56H66F4N12O10/c1-34-31-71(32-35(2)67(34)3)46-27-42(57)39(25-44(46)65-51(76)40-30-62-48(74)26-41(40)56(58,59)60)37-9-13-70(14-10-37)55-63-28-36(29-64-55)33-68-15-17-69(18-16-68)49(75)11-19-80-21-23-82-24-22-81-20-12-61-43-6-4-5-38-50(43)54(79)72(53(38)78)45-7-8-47(73)66-52(45)77/h4-6,9,25-30,34-35,45,61H,7-8,10-24,31-33H2,1-3H3,(H,62,74)(H,65,76)(H,66,73,77)/t34-,35+,45?. The maximum atomic E-state index is 16.3. The molecule has 6 amide bonds. The fraction of sp³-hybridized carbons (Fsp3) is 0.482. The average Bonchev–Trinajstić information content (AvgIpc) is 3.79. The number of pyridine rings is 1. The lowest BCUT2D eigenvalue weighted by atomic mass is 9.97. The highest BCUT2D eigenvalue weighted by atomic mass is 19.4. The van der Waals surface area contributed by atoms with Crippen LogP contribution in [-0.4, -0.2) is 194 Å². The van der Waals surface area contributed by atoms with Gasteiger partial charge in [-0.3, -0.25) is 53.6 Å². The number of carbonyl (C=O) groups is 6. The molecule has 4 aromatic rings. The Morgan fingerprint density at radius 3 is 2.17 bits per heavy atom. The van der Waals surface area contributed by atoms with Gasteiger partial charge >= 0.3 is 6.18 Å². The Kier molecular flexibility index (Phi) is 18.8. The highest BCUT2D eigenvalue weighted by molar-refractivity contribution is 6.25. The maximum absolute atomic E-state index is 16.3. The van der Waals surface area contributed by atoms with Crippen LogP contribution in [0, 0.1) is 5.82 Å². The number of alkyl halides is 3. The molecule has 4 N–H and O–H groups in total. The van der Waals surface area contributed by atoms with Gasteiger partial charge in [-0.15, -0.1) is 0 Å². The van der Waals surface area contributed by atoms with Crippen molar-refractivity contribution in [3.63, 3.8) is 0 Å². The number of H-pyrrole nitrogens is 1. The molecule has 26 heteroatoms. The summed E-state index contributed by atoms with van der Waals surface area (Å²) in [6.07, 6.45) is 1.86. The monoisotopic (exact) mass is 1140 g/mol. The first kappa shape index (κ1) is 59.0. The number of aromatic nitrogens is 3. The summed E-state index contributed by atoms with van der Waals surface area (Å²) in [6, 6.07) is 7.04. The number of likely N-dealkylation sites (N-methyl/N-ethyl adjacent to an activating group) is 1. The topological polar surface area (TPSA) is 244 Å². The zero-order valence-electron chi connectivity index (χ0n) is 45.8. The first-order valence-corrected chi connectivity index (χ1v) is 27.3. The number of aromatic amines is 1. The van der Waals surface area contributed by atoms with E-state index >= 15 is 4.39 Å². The molecule has 9 rings (SSSR count). The number of hydrogen-bond acceptors (Lipinski definition) is 17. The Morgan fingerprint density at radius 1 is 0.805 bits per heavy atom. The molecule has 7 heterocycles. The van der Waals surface area contributed by atoms with Gasteiger partial charge in [0.1, 0.15) is 11.9 Å². The van der Waals surface area contributed by atoms with Gasteiger partial charge in [0.2, 0.25) is 29.2 Å². The lowest BCUT2D eigenvalue weighted by molar-refractivity contribution is -0.138. The molecule has 0 aliphatic carbocycles. The Hall–Kier alpha value is -7.65. The average molecular weight is 1140 g/mol. The first-order valence-electron chi connectivity index (χ1n) is 27.3. The molecule has 82 heavy (non-hydrogen) atoms. The molecule has 22 nitrogen and oxygen atoms in total. The number of nitrogens with one attached hydrogen (secondary N) is 4. The summed E-state index contributed by atoms with van der Waals surface area (Å²) in [4.78, 5) is 111. The molecule has 0 spiro atoms.